The number of aliphatic hydroxyl groups is 1. The van der Waals surface area contributed by atoms with Crippen LogP contribution in [-0.2, 0) is 0 Å². The molecule has 0 aliphatic rings. The number of hydrogen-bond donors (Lipinski definition) is 2. The van der Waals surface area contributed by atoms with Crippen LogP contribution in [0.5, 0.6) is 0 Å². The van der Waals surface area contributed by atoms with E-state index in [4.69, 9.17) is 23.2 Å². The second-order valence-electron chi connectivity index (χ2n) is 4.38. The molecule has 0 unspecified atom stereocenters. The van der Waals surface area contributed by atoms with Crippen molar-refractivity contribution in [2.75, 3.05) is 18.5 Å². The van der Waals surface area contributed by atoms with Gasteiger partial charge in [0.25, 0.3) is 0 Å². The molecule has 0 fully saturated rings. The van der Waals surface area contributed by atoms with Gasteiger partial charge in [0, 0.05) is 27.7 Å². The summed E-state index contributed by atoms with van der Waals surface area (Å²) in [5.41, 5.74) is 0.816. The van der Waals surface area contributed by atoms with Gasteiger partial charge in [0.15, 0.2) is 0 Å². The maximum atomic E-state index is 9.47. The van der Waals surface area contributed by atoms with Crippen LogP contribution in [0.15, 0.2) is 18.2 Å². The molecule has 0 saturated heterocycles. The van der Waals surface area contributed by atoms with Crippen LogP contribution in [0.2, 0.25) is 10.0 Å². The SMILES string of the molecule is CCC(CC)(CO)CNc1cc(Cl)cc(Cl)c1. The zero-order chi connectivity index (χ0) is 12.9. The maximum absolute atomic E-state index is 9.47. The second kappa shape index (κ2) is 6.48. The predicted molar refractivity (Wildman–Crippen MR) is 75.1 cm³/mol. The van der Waals surface area contributed by atoms with Crippen molar-refractivity contribution in [1.29, 1.82) is 0 Å². The van der Waals surface area contributed by atoms with Gasteiger partial charge in [-0.1, -0.05) is 37.0 Å². The minimum Gasteiger partial charge on any atom is -0.396 e. The summed E-state index contributed by atoms with van der Waals surface area (Å²) in [6, 6.07) is 5.37. The number of halogens is 2. The van der Waals surface area contributed by atoms with Gasteiger partial charge in [-0.15, -0.1) is 0 Å². The lowest BCUT2D eigenvalue weighted by Crippen LogP contribution is -2.32. The van der Waals surface area contributed by atoms with Crippen LogP contribution >= 0.6 is 23.2 Å². The molecule has 4 heteroatoms. The fourth-order valence-electron chi connectivity index (χ4n) is 1.72. The number of hydrogen-bond acceptors (Lipinski definition) is 2. The largest absolute Gasteiger partial charge is 0.396 e. The van der Waals surface area contributed by atoms with Crippen molar-refractivity contribution in [2.24, 2.45) is 5.41 Å². The minimum absolute atomic E-state index is 0.0746. The van der Waals surface area contributed by atoms with E-state index in [1.54, 1.807) is 6.07 Å². The molecule has 0 aromatic heterocycles. The lowest BCUT2D eigenvalue weighted by Gasteiger charge is -2.30. The van der Waals surface area contributed by atoms with Crippen molar-refractivity contribution in [2.45, 2.75) is 26.7 Å². The van der Waals surface area contributed by atoms with Gasteiger partial charge >= 0.3 is 0 Å². The van der Waals surface area contributed by atoms with Crippen LogP contribution < -0.4 is 5.32 Å². The van der Waals surface area contributed by atoms with E-state index in [1.807, 2.05) is 12.1 Å². The molecule has 1 rings (SSSR count). The second-order valence-corrected chi connectivity index (χ2v) is 5.25. The lowest BCUT2D eigenvalue weighted by atomic mass is 9.83. The van der Waals surface area contributed by atoms with Gasteiger partial charge < -0.3 is 10.4 Å². The fraction of sp³-hybridized carbons (Fsp3) is 0.538. The molecule has 0 saturated carbocycles. The van der Waals surface area contributed by atoms with Gasteiger partial charge in [0.05, 0.1) is 6.61 Å². The summed E-state index contributed by atoms with van der Waals surface area (Å²) in [4.78, 5) is 0. The zero-order valence-electron chi connectivity index (χ0n) is 10.3. The molecule has 1 aromatic carbocycles. The maximum Gasteiger partial charge on any atom is 0.0504 e. The molecule has 2 N–H and O–H groups in total. The highest BCUT2D eigenvalue weighted by atomic mass is 35.5. The summed E-state index contributed by atoms with van der Waals surface area (Å²) < 4.78 is 0. The van der Waals surface area contributed by atoms with Crippen LogP contribution in [0.3, 0.4) is 0 Å². The minimum atomic E-state index is -0.0746. The Labute approximate surface area is 113 Å². The Morgan fingerprint density at radius 2 is 1.65 bits per heavy atom. The van der Waals surface area contributed by atoms with Crippen molar-refractivity contribution < 1.29 is 5.11 Å². The monoisotopic (exact) mass is 275 g/mol. The van der Waals surface area contributed by atoms with E-state index in [9.17, 15) is 5.11 Å². The predicted octanol–water partition coefficient (Wildman–Crippen LogP) is 4.20. The highest BCUT2D eigenvalue weighted by Crippen LogP contribution is 2.28. The molecular formula is C13H19Cl2NO. The summed E-state index contributed by atoms with van der Waals surface area (Å²) in [6.45, 7) is 5.08. The molecule has 0 atom stereocenters. The number of nitrogens with one attached hydrogen (secondary N) is 1. The number of benzene rings is 1. The van der Waals surface area contributed by atoms with E-state index in [2.05, 4.69) is 19.2 Å². The van der Waals surface area contributed by atoms with Crippen LogP contribution in [0.25, 0.3) is 0 Å². The van der Waals surface area contributed by atoms with E-state index in [1.165, 1.54) is 0 Å². The Balaban J connectivity index is 2.71. The number of anilines is 1. The van der Waals surface area contributed by atoms with Gasteiger partial charge in [0.2, 0.25) is 0 Å². The molecule has 0 radical (unpaired) electrons. The smallest absolute Gasteiger partial charge is 0.0504 e. The lowest BCUT2D eigenvalue weighted by molar-refractivity contribution is 0.127. The first-order chi connectivity index (χ1) is 8.05. The molecule has 96 valence electrons. The normalized spacial score (nSPS) is 11.6. The summed E-state index contributed by atoms with van der Waals surface area (Å²) in [5, 5.41) is 14.0. The first kappa shape index (κ1) is 14.6. The van der Waals surface area contributed by atoms with E-state index in [0.29, 0.717) is 16.6 Å². The summed E-state index contributed by atoms with van der Waals surface area (Å²) in [5.74, 6) is 0. The molecule has 0 bridgehead atoms. The van der Waals surface area contributed by atoms with E-state index in [-0.39, 0.29) is 12.0 Å². The summed E-state index contributed by atoms with van der Waals surface area (Å²) in [6.07, 6.45) is 1.86. The average Bonchev–Trinajstić information content (AvgIpc) is 2.30. The molecule has 0 aliphatic carbocycles. The van der Waals surface area contributed by atoms with Gasteiger partial charge in [-0.2, -0.15) is 0 Å². The summed E-state index contributed by atoms with van der Waals surface area (Å²) in [7, 11) is 0. The molecular weight excluding hydrogens is 257 g/mol. The molecule has 0 amide bonds. The third-order valence-electron chi connectivity index (χ3n) is 3.37. The Hall–Kier alpha value is -0.440. The van der Waals surface area contributed by atoms with Gasteiger partial charge in [-0.25, -0.2) is 0 Å². The fourth-order valence-corrected chi connectivity index (χ4v) is 2.25. The van der Waals surface area contributed by atoms with Crippen molar-refractivity contribution in [1.82, 2.24) is 0 Å². The van der Waals surface area contributed by atoms with Crippen LogP contribution in [0.1, 0.15) is 26.7 Å². The van der Waals surface area contributed by atoms with Crippen LogP contribution in [-0.4, -0.2) is 18.3 Å². The molecule has 1 aromatic rings. The topological polar surface area (TPSA) is 32.3 Å². The van der Waals surface area contributed by atoms with Crippen molar-refractivity contribution in [3.8, 4) is 0 Å². The van der Waals surface area contributed by atoms with Crippen molar-refractivity contribution in [3.05, 3.63) is 28.2 Å². The highest BCUT2D eigenvalue weighted by molar-refractivity contribution is 6.35. The highest BCUT2D eigenvalue weighted by Gasteiger charge is 2.24. The van der Waals surface area contributed by atoms with Gasteiger partial charge in [0.1, 0.15) is 0 Å². The molecule has 2 nitrogen and oxygen atoms in total. The Kier molecular flexibility index (Phi) is 5.57. The first-order valence-electron chi connectivity index (χ1n) is 5.86. The van der Waals surface area contributed by atoms with E-state index >= 15 is 0 Å². The molecule has 17 heavy (non-hydrogen) atoms. The van der Waals surface area contributed by atoms with E-state index in [0.717, 1.165) is 18.5 Å². The molecule has 0 spiro atoms. The average molecular weight is 276 g/mol. The van der Waals surface area contributed by atoms with Crippen molar-refractivity contribution >= 4 is 28.9 Å². The molecule has 0 heterocycles. The third kappa shape index (κ3) is 4.06. The van der Waals surface area contributed by atoms with Crippen LogP contribution in [0, 0.1) is 5.41 Å². The van der Waals surface area contributed by atoms with Gasteiger partial charge in [-0.05, 0) is 31.0 Å². The van der Waals surface area contributed by atoms with E-state index < -0.39 is 0 Å². The number of aliphatic hydroxyl groups excluding tert-OH is 1. The van der Waals surface area contributed by atoms with Crippen molar-refractivity contribution in [3.63, 3.8) is 0 Å². The quantitative estimate of drug-likeness (QED) is 0.816. The Bertz CT molecular complexity index is 336. The van der Waals surface area contributed by atoms with Crippen LogP contribution in [0.4, 0.5) is 5.69 Å². The Morgan fingerprint density at radius 3 is 2.06 bits per heavy atom. The zero-order valence-corrected chi connectivity index (χ0v) is 11.8. The summed E-state index contributed by atoms with van der Waals surface area (Å²) >= 11 is 11.9. The Morgan fingerprint density at radius 1 is 1.12 bits per heavy atom. The number of rotatable bonds is 6. The van der Waals surface area contributed by atoms with Gasteiger partial charge in [-0.3, -0.25) is 0 Å². The first-order valence-corrected chi connectivity index (χ1v) is 6.61. The standard InChI is InChI=1S/C13H19Cl2NO/c1-3-13(4-2,9-17)8-16-12-6-10(14)5-11(15)7-12/h5-7,16-17H,3-4,8-9H2,1-2H3. The molecule has 0 aliphatic heterocycles. The third-order valence-corrected chi connectivity index (χ3v) is 3.80.